The Balaban J connectivity index is 1.88. The second kappa shape index (κ2) is 7.22. The van der Waals surface area contributed by atoms with Crippen molar-refractivity contribution in [3.05, 3.63) is 66.0 Å². The van der Waals surface area contributed by atoms with Gasteiger partial charge in [-0.25, -0.2) is 0 Å². The predicted octanol–water partition coefficient (Wildman–Crippen LogP) is 2.99. The van der Waals surface area contributed by atoms with E-state index in [1.165, 1.54) is 24.3 Å². The Labute approximate surface area is 129 Å². The molecule has 0 unspecified atom stereocenters. The molecule has 0 radical (unpaired) electrons. The molecule has 0 amide bonds. The highest BCUT2D eigenvalue weighted by atomic mass is 16.3. The van der Waals surface area contributed by atoms with E-state index in [9.17, 15) is 9.59 Å². The molecule has 0 atom stereocenters. The summed E-state index contributed by atoms with van der Waals surface area (Å²) in [5.41, 5.74) is 1.69. The van der Waals surface area contributed by atoms with Crippen LogP contribution in [0.3, 0.4) is 0 Å². The molecule has 1 heterocycles. The van der Waals surface area contributed by atoms with Crippen LogP contribution in [-0.2, 0) is 16.6 Å². The number of ketones is 2. The van der Waals surface area contributed by atoms with E-state index in [0.29, 0.717) is 0 Å². The average molecular weight is 295 g/mol. The van der Waals surface area contributed by atoms with E-state index in [1.807, 2.05) is 29.9 Å². The van der Waals surface area contributed by atoms with Crippen LogP contribution in [0.4, 0.5) is 0 Å². The van der Waals surface area contributed by atoms with E-state index < -0.39 is 0 Å². The van der Waals surface area contributed by atoms with E-state index in [0.717, 1.165) is 11.3 Å². The number of phenols is 1. The van der Waals surface area contributed by atoms with Gasteiger partial charge in [-0.2, -0.15) is 0 Å². The Morgan fingerprint density at radius 1 is 1.05 bits per heavy atom. The maximum Gasteiger partial charge on any atom is 0.163 e. The summed E-state index contributed by atoms with van der Waals surface area (Å²) in [6.07, 6.45) is 7.84. The summed E-state index contributed by atoms with van der Waals surface area (Å²) in [4.78, 5) is 23.5. The highest BCUT2D eigenvalue weighted by Crippen LogP contribution is 2.11. The van der Waals surface area contributed by atoms with Crippen LogP contribution in [0, 0.1) is 0 Å². The molecule has 1 N–H and O–H groups in total. The van der Waals surface area contributed by atoms with Gasteiger partial charge in [-0.15, -0.1) is 0 Å². The number of allylic oxidation sites excluding steroid dienone is 2. The molecule has 0 aliphatic heterocycles. The molecule has 0 aliphatic carbocycles. The van der Waals surface area contributed by atoms with E-state index in [4.69, 9.17) is 5.11 Å². The third-order valence-electron chi connectivity index (χ3n) is 3.13. The van der Waals surface area contributed by atoms with Gasteiger partial charge in [-0.1, -0.05) is 18.2 Å². The fourth-order valence-electron chi connectivity index (χ4n) is 1.89. The molecule has 4 heteroatoms. The van der Waals surface area contributed by atoms with Crippen molar-refractivity contribution in [3.8, 4) is 5.75 Å². The molecule has 0 saturated heterocycles. The SMILES string of the molecule is Cn1cccc1/C=C/C(=O)CC(=O)/C=C/c1ccc(O)cc1. The number of phenolic OH excluding ortho intramolecular Hbond substituents is 1. The van der Waals surface area contributed by atoms with Crippen LogP contribution < -0.4 is 0 Å². The minimum atomic E-state index is -0.255. The lowest BCUT2D eigenvalue weighted by molar-refractivity contribution is -0.121. The first kappa shape index (κ1) is 15.5. The van der Waals surface area contributed by atoms with Crippen molar-refractivity contribution in [2.75, 3.05) is 0 Å². The Hall–Kier alpha value is -2.88. The van der Waals surface area contributed by atoms with Gasteiger partial charge in [0.1, 0.15) is 5.75 Å². The summed E-state index contributed by atoms with van der Waals surface area (Å²) in [5.74, 6) is -0.319. The first-order chi connectivity index (χ1) is 10.5. The maximum absolute atomic E-state index is 11.7. The number of carbonyl (C=O) groups is 2. The Morgan fingerprint density at radius 2 is 1.68 bits per heavy atom. The lowest BCUT2D eigenvalue weighted by atomic mass is 10.1. The number of carbonyl (C=O) groups excluding carboxylic acids is 2. The van der Waals surface area contributed by atoms with Crippen molar-refractivity contribution in [1.29, 1.82) is 0 Å². The van der Waals surface area contributed by atoms with Crippen LogP contribution in [0.1, 0.15) is 17.7 Å². The van der Waals surface area contributed by atoms with Crippen LogP contribution in [0.15, 0.2) is 54.7 Å². The van der Waals surface area contributed by atoms with Crippen LogP contribution in [0.25, 0.3) is 12.2 Å². The Kier molecular flexibility index (Phi) is 5.09. The lowest BCUT2D eigenvalue weighted by Crippen LogP contribution is -2.02. The molecular weight excluding hydrogens is 278 g/mol. The largest absolute Gasteiger partial charge is 0.508 e. The summed E-state index contributed by atoms with van der Waals surface area (Å²) >= 11 is 0. The monoisotopic (exact) mass is 295 g/mol. The average Bonchev–Trinajstić information content (AvgIpc) is 2.90. The Bertz CT molecular complexity index is 721. The van der Waals surface area contributed by atoms with E-state index in [1.54, 1.807) is 24.3 Å². The molecule has 0 spiro atoms. The summed E-state index contributed by atoms with van der Waals surface area (Å²) in [6.45, 7) is 0. The van der Waals surface area contributed by atoms with Crippen molar-refractivity contribution in [1.82, 2.24) is 4.57 Å². The minimum absolute atomic E-state index is 0.157. The molecule has 2 aromatic rings. The third kappa shape index (κ3) is 4.59. The lowest BCUT2D eigenvalue weighted by Gasteiger charge is -1.96. The zero-order valence-corrected chi connectivity index (χ0v) is 12.3. The smallest absolute Gasteiger partial charge is 0.163 e. The highest BCUT2D eigenvalue weighted by molar-refractivity contribution is 6.10. The van der Waals surface area contributed by atoms with E-state index in [-0.39, 0.29) is 23.7 Å². The van der Waals surface area contributed by atoms with Crippen molar-refractivity contribution in [3.63, 3.8) is 0 Å². The van der Waals surface area contributed by atoms with Gasteiger partial charge < -0.3 is 9.67 Å². The Morgan fingerprint density at radius 3 is 2.27 bits per heavy atom. The van der Waals surface area contributed by atoms with Gasteiger partial charge in [-0.3, -0.25) is 9.59 Å². The molecule has 1 aromatic carbocycles. The van der Waals surface area contributed by atoms with Crippen molar-refractivity contribution in [2.45, 2.75) is 6.42 Å². The van der Waals surface area contributed by atoms with Crippen LogP contribution >= 0.6 is 0 Å². The van der Waals surface area contributed by atoms with E-state index in [2.05, 4.69) is 0 Å². The number of aryl methyl sites for hydroxylation is 1. The summed E-state index contributed by atoms with van der Waals surface area (Å²) in [5, 5.41) is 9.16. The number of aromatic hydroxyl groups is 1. The first-order valence-electron chi connectivity index (χ1n) is 6.87. The van der Waals surface area contributed by atoms with Crippen LogP contribution in [0.5, 0.6) is 5.75 Å². The standard InChI is InChI=1S/C18H17NO3/c1-19-12-2-3-15(19)7-11-18(22)13-17(21)10-6-14-4-8-16(20)9-5-14/h2-12,20H,13H2,1H3/b10-6+,11-7+. The molecule has 0 aliphatic rings. The molecule has 1 aromatic heterocycles. The number of aromatic nitrogens is 1. The zero-order valence-electron chi connectivity index (χ0n) is 12.3. The van der Waals surface area contributed by atoms with E-state index >= 15 is 0 Å². The van der Waals surface area contributed by atoms with Crippen molar-refractivity contribution >= 4 is 23.7 Å². The molecule has 0 fully saturated rings. The van der Waals surface area contributed by atoms with Gasteiger partial charge in [0, 0.05) is 18.9 Å². The quantitative estimate of drug-likeness (QED) is 0.658. The zero-order chi connectivity index (χ0) is 15.9. The first-order valence-corrected chi connectivity index (χ1v) is 6.87. The number of hydrogen-bond donors (Lipinski definition) is 1. The van der Waals surface area contributed by atoms with Crippen LogP contribution in [0.2, 0.25) is 0 Å². The number of benzene rings is 1. The van der Waals surface area contributed by atoms with Gasteiger partial charge in [0.05, 0.1) is 6.42 Å². The molecule has 2 rings (SSSR count). The predicted molar refractivity (Wildman–Crippen MR) is 86.2 cm³/mol. The van der Waals surface area contributed by atoms with Gasteiger partial charge in [0.25, 0.3) is 0 Å². The van der Waals surface area contributed by atoms with Crippen LogP contribution in [-0.4, -0.2) is 21.2 Å². The number of nitrogens with zero attached hydrogens (tertiary/aromatic N) is 1. The molecule has 22 heavy (non-hydrogen) atoms. The summed E-state index contributed by atoms with van der Waals surface area (Å²) in [7, 11) is 1.88. The molecular formula is C18H17NO3. The maximum atomic E-state index is 11.7. The van der Waals surface area contributed by atoms with Crippen molar-refractivity contribution < 1.29 is 14.7 Å². The number of rotatable bonds is 6. The van der Waals surface area contributed by atoms with Gasteiger partial charge in [0.2, 0.25) is 0 Å². The van der Waals surface area contributed by atoms with Gasteiger partial charge in [-0.05, 0) is 48.1 Å². The molecule has 4 nitrogen and oxygen atoms in total. The highest BCUT2D eigenvalue weighted by Gasteiger charge is 2.04. The minimum Gasteiger partial charge on any atom is -0.508 e. The van der Waals surface area contributed by atoms with Gasteiger partial charge in [0.15, 0.2) is 11.6 Å². The topological polar surface area (TPSA) is 59.3 Å². The second-order valence-corrected chi connectivity index (χ2v) is 4.91. The fourth-order valence-corrected chi connectivity index (χ4v) is 1.89. The number of hydrogen-bond acceptors (Lipinski definition) is 3. The molecule has 112 valence electrons. The third-order valence-corrected chi connectivity index (χ3v) is 3.13. The summed E-state index contributed by atoms with van der Waals surface area (Å²) < 4.78 is 1.89. The molecule has 0 bridgehead atoms. The summed E-state index contributed by atoms with van der Waals surface area (Å²) in [6, 6.07) is 10.2. The fraction of sp³-hybridized carbons (Fsp3) is 0.111. The second-order valence-electron chi connectivity index (χ2n) is 4.91. The van der Waals surface area contributed by atoms with Crippen molar-refractivity contribution in [2.24, 2.45) is 7.05 Å². The normalized spacial score (nSPS) is 11.3. The van der Waals surface area contributed by atoms with Gasteiger partial charge >= 0.3 is 0 Å². The molecule has 0 saturated carbocycles.